The average Bonchev–Trinajstić information content (AvgIpc) is 3.06. The van der Waals surface area contributed by atoms with Crippen molar-refractivity contribution in [3.8, 4) is 28.4 Å². The third-order valence-corrected chi connectivity index (χ3v) is 3.82. The topological polar surface area (TPSA) is 78.3 Å². The number of methoxy groups -OCH3 is 1. The Hall–Kier alpha value is -3.41. The lowest BCUT2D eigenvalue weighted by molar-refractivity contribution is 0.415. The summed E-state index contributed by atoms with van der Waals surface area (Å²) >= 11 is 0. The number of hydrogen-bond donors (Lipinski definition) is 1. The van der Waals surface area contributed by atoms with Crippen LogP contribution in [0, 0.1) is 0 Å². The third-order valence-electron chi connectivity index (χ3n) is 3.82. The van der Waals surface area contributed by atoms with Crippen LogP contribution in [-0.4, -0.2) is 26.5 Å². The van der Waals surface area contributed by atoms with E-state index >= 15 is 0 Å². The fourth-order valence-corrected chi connectivity index (χ4v) is 2.64. The second-order valence-electron chi connectivity index (χ2n) is 5.29. The second-order valence-corrected chi connectivity index (χ2v) is 5.29. The monoisotopic (exact) mass is 317 g/mol. The highest BCUT2D eigenvalue weighted by molar-refractivity contribution is 5.73. The van der Waals surface area contributed by atoms with Crippen LogP contribution in [0.15, 0.2) is 61.1 Å². The Labute approximate surface area is 138 Å². The molecule has 0 unspecified atom stereocenters. The van der Waals surface area contributed by atoms with Crippen molar-refractivity contribution in [1.29, 1.82) is 0 Å². The lowest BCUT2D eigenvalue weighted by Gasteiger charge is -2.08. The fourth-order valence-electron chi connectivity index (χ4n) is 2.64. The molecule has 4 rings (SSSR count). The Morgan fingerprint density at radius 2 is 1.96 bits per heavy atom. The third kappa shape index (κ3) is 2.34. The van der Waals surface area contributed by atoms with E-state index in [2.05, 4.69) is 15.0 Å². The van der Waals surface area contributed by atoms with Gasteiger partial charge in [0.15, 0.2) is 5.82 Å². The molecule has 2 N–H and O–H groups in total. The number of pyridine rings is 1. The molecule has 3 heterocycles. The molecule has 24 heavy (non-hydrogen) atoms. The maximum Gasteiger partial charge on any atom is 0.150 e. The summed E-state index contributed by atoms with van der Waals surface area (Å²) in [6.07, 6.45) is 5.41. The molecule has 0 spiro atoms. The van der Waals surface area contributed by atoms with Crippen LogP contribution in [0.4, 0.5) is 5.82 Å². The Morgan fingerprint density at radius 1 is 1.04 bits per heavy atom. The molecule has 1 aromatic carbocycles. The zero-order valence-electron chi connectivity index (χ0n) is 13.0. The predicted molar refractivity (Wildman–Crippen MR) is 92.6 cm³/mol. The molecular weight excluding hydrogens is 302 g/mol. The number of aromatic nitrogens is 4. The summed E-state index contributed by atoms with van der Waals surface area (Å²) in [7, 11) is 1.63. The largest absolute Gasteiger partial charge is 0.497 e. The van der Waals surface area contributed by atoms with Crippen LogP contribution in [-0.2, 0) is 0 Å². The highest BCUT2D eigenvalue weighted by atomic mass is 16.5. The van der Waals surface area contributed by atoms with Crippen LogP contribution in [0.3, 0.4) is 0 Å². The number of nitrogens with two attached hydrogens (primary N) is 1. The van der Waals surface area contributed by atoms with E-state index in [4.69, 9.17) is 10.5 Å². The van der Waals surface area contributed by atoms with Gasteiger partial charge in [-0.05, 0) is 24.3 Å². The second kappa shape index (κ2) is 5.66. The van der Waals surface area contributed by atoms with Gasteiger partial charge in [0.2, 0.25) is 0 Å². The van der Waals surface area contributed by atoms with Gasteiger partial charge in [-0.2, -0.15) is 0 Å². The number of anilines is 1. The van der Waals surface area contributed by atoms with E-state index in [1.54, 1.807) is 19.5 Å². The summed E-state index contributed by atoms with van der Waals surface area (Å²) in [5.41, 5.74) is 10.0. The average molecular weight is 317 g/mol. The number of rotatable bonds is 3. The van der Waals surface area contributed by atoms with Crippen molar-refractivity contribution in [3.63, 3.8) is 0 Å². The minimum Gasteiger partial charge on any atom is -0.497 e. The van der Waals surface area contributed by atoms with Crippen molar-refractivity contribution in [2.75, 3.05) is 12.8 Å². The molecule has 118 valence electrons. The lowest BCUT2D eigenvalue weighted by atomic mass is 10.1. The molecule has 4 aromatic rings. The number of fused-ring (bicyclic) bond motifs is 1. The maximum atomic E-state index is 6.15. The smallest absolute Gasteiger partial charge is 0.150 e. The summed E-state index contributed by atoms with van der Waals surface area (Å²) in [6.45, 7) is 0. The molecule has 0 saturated heterocycles. The first-order valence-corrected chi connectivity index (χ1v) is 7.45. The van der Waals surface area contributed by atoms with E-state index in [1.165, 1.54) is 0 Å². The van der Waals surface area contributed by atoms with Crippen molar-refractivity contribution in [2.45, 2.75) is 0 Å². The van der Waals surface area contributed by atoms with Gasteiger partial charge in [-0.25, -0.2) is 9.97 Å². The van der Waals surface area contributed by atoms with E-state index in [9.17, 15) is 0 Å². The van der Waals surface area contributed by atoms with Gasteiger partial charge in [0.25, 0.3) is 0 Å². The first-order chi connectivity index (χ1) is 11.8. The summed E-state index contributed by atoms with van der Waals surface area (Å²) in [5, 5.41) is 0. The fraction of sp³-hybridized carbons (Fsp3) is 0.0556. The Morgan fingerprint density at radius 3 is 2.79 bits per heavy atom. The molecule has 0 saturated carbocycles. The van der Waals surface area contributed by atoms with Crippen molar-refractivity contribution in [1.82, 2.24) is 19.4 Å². The molecule has 0 bridgehead atoms. The zero-order chi connectivity index (χ0) is 16.5. The number of nitrogens with zero attached hydrogens (tertiary/aromatic N) is 4. The number of imidazole rings is 1. The van der Waals surface area contributed by atoms with E-state index < -0.39 is 0 Å². The minimum atomic E-state index is 0.367. The van der Waals surface area contributed by atoms with Crippen molar-refractivity contribution in [2.24, 2.45) is 0 Å². The molecular formula is C18H15N5O. The molecule has 3 aromatic heterocycles. The molecule has 0 amide bonds. The van der Waals surface area contributed by atoms with Gasteiger partial charge < -0.3 is 10.5 Å². The minimum absolute atomic E-state index is 0.367. The Balaban J connectivity index is 1.79. The number of nitrogen functional groups attached to an aromatic ring is 1. The van der Waals surface area contributed by atoms with Crippen LogP contribution in [0.25, 0.3) is 28.3 Å². The molecule has 0 aliphatic carbocycles. The summed E-state index contributed by atoms with van der Waals surface area (Å²) in [4.78, 5) is 13.4. The van der Waals surface area contributed by atoms with Gasteiger partial charge in [0.05, 0.1) is 25.2 Å². The van der Waals surface area contributed by atoms with Crippen LogP contribution in [0.2, 0.25) is 0 Å². The molecule has 0 fully saturated rings. The van der Waals surface area contributed by atoms with Gasteiger partial charge >= 0.3 is 0 Å². The normalized spacial score (nSPS) is 10.9. The predicted octanol–water partition coefficient (Wildman–Crippen LogP) is 3.05. The Bertz CT molecular complexity index is 1020. The van der Waals surface area contributed by atoms with E-state index in [0.717, 1.165) is 22.7 Å². The molecule has 0 radical (unpaired) electrons. The van der Waals surface area contributed by atoms with Crippen molar-refractivity contribution in [3.05, 3.63) is 61.1 Å². The van der Waals surface area contributed by atoms with Crippen LogP contribution in [0.1, 0.15) is 0 Å². The first-order valence-electron chi connectivity index (χ1n) is 7.45. The molecule has 6 nitrogen and oxygen atoms in total. The zero-order valence-corrected chi connectivity index (χ0v) is 13.0. The van der Waals surface area contributed by atoms with Crippen LogP contribution >= 0.6 is 0 Å². The lowest BCUT2D eigenvalue weighted by Crippen LogP contribution is -2.00. The molecule has 6 heteroatoms. The van der Waals surface area contributed by atoms with Crippen molar-refractivity contribution < 1.29 is 4.74 Å². The highest BCUT2D eigenvalue weighted by Crippen LogP contribution is 2.28. The standard InChI is InChI=1S/C18H15N5O/c1-24-13-6-4-5-12(9-13)17-18(19)22-14(10-21-17)15-11-20-16-7-2-3-8-23(15)16/h2-11H,1H3,(H2,19,22). The van der Waals surface area contributed by atoms with Gasteiger partial charge in [-0.1, -0.05) is 18.2 Å². The van der Waals surface area contributed by atoms with Crippen LogP contribution in [0.5, 0.6) is 5.75 Å². The quantitative estimate of drug-likeness (QED) is 0.628. The van der Waals surface area contributed by atoms with E-state index in [-0.39, 0.29) is 0 Å². The molecule has 0 aliphatic rings. The first kappa shape index (κ1) is 14.2. The summed E-state index contributed by atoms with van der Waals surface area (Å²) in [6, 6.07) is 13.4. The molecule has 0 aliphatic heterocycles. The summed E-state index contributed by atoms with van der Waals surface area (Å²) < 4.78 is 7.20. The Kier molecular flexibility index (Phi) is 3.35. The van der Waals surface area contributed by atoms with Gasteiger partial charge in [-0.15, -0.1) is 0 Å². The van der Waals surface area contributed by atoms with Crippen LogP contribution < -0.4 is 10.5 Å². The van der Waals surface area contributed by atoms with Gasteiger partial charge in [0, 0.05) is 11.8 Å². The van der Waals surface area contributed by atoms with Crippen molar-refractivity contribution >= 4 is 11.5 Å². The molecule has 0 atom stereocenters. The maximum absolute atomic E-state index is 6.15. The highest BCUT2D eigenvalue weighted by Gasteiger charge is 2.12. The van der Waals surface area contributed by atoms with E-state index in [0.29, 0.717) is 17.2 Å². The number of ether oxygens (including phenoxy) is 1. The van der Waals surface area contributed by atoms with Gasteiger partial charge in [-0.3, -0.25) is 9.38 Å². The summed E-state index contributed by atoms with van der Waals surface area (Å²) in [5.74, 6) is 1.12. The SMILES string of the molecule is COc1cccc(-c2ncc(-c3cnc4ccccn34)nc2N)c1. The number of benzene rings is 1. The van der Waals surface area contributed by atoms with E-state index in [1.807, 2.05) is 53.1 Å². The van der Waals surface area contributed by atoms with Gasteiger partial charge in [0.1, 0.15) is 22.8 Å². The number of hydrogen-bond acceptors (Lipinski definition) is 5.